The highest BCUT2D eigenvalue weighted by Gasteiger charge is 2.18. The molecule has 0 saturated heterocycles. The van der Waals surface area contributed by atoms with E-state index < -0.39 is 23.4 Å². The normalized spacial score (nSPS) is 11.2. The van der Waals surface area contributed by atoms with Gasteiger partial charge in [-0.2, -0.15) is 0 Å². The fourth-order valence-electron chi connectivity index (χ4n) is 1.87. The average Bonchev–Trinajstić information content (AvgIpc) is 3.01. The van der Waals surface area contributed by atoms with Crippen molar-refractivity contribution in [2.45, 2.75) is 66.6 Å². The predicted molar refractivity (Wildman–Crippen MR) is 126 cm³/mol. The van der Waals surface area contributed by atoms with Crippen molar-refractivity contribution in [2.24, 2.45) is 0 Å². The number of amides is 2. The molecule has 29 heavy (non-hydrogen) atoms. The van der Waals surface area contributed by atoms with Crippen LogP contribution in [-0.4, -0.2) is 23.4 Å². The Hall–Kier alpha value is -1.58. The van der Waals surface area contributed by atoms with Gasteiger partial charge in [0.15, 0.2) is 0 Å². The molecule has 0 fully saturated rings. The van der Waals surface area contributed by atoms with Crippen molar-refractivity contribution in [3.8, 4) is 0 Å². The van der Waals surface area contributed by atoms with E-state index in [4.69, 9.17) is 9.47 Å². The van der Waals surface area contributed by atoms with Crippen molar-refractivity contribution in [3.05, 3.63) is 32.4 Å². The number of ether oxygens (including phenoxy) is 2. The van der Waals surface area contributed by atoms with Gasteiger partial charge in [0, 0.05) is 9.75 Å². The van der Waals surface area contributed by atoms with Gasteiger partial charge in [0.05, 0.1) is 9.47 Å². The van der Waals surface area contributed by atoms with Crippen LogP contribution in [0.5, 0.6) is 0 Å². The Morgan fingerprint density at radius 3 is 1.76 bits per heavy atom. The standard InChI is InChI=1S/C10H14BrNO2S.C10H15NO2S/c1-6-5-7(11)8(15-6)12-9(13)14-10(2,3)4;1-7-5-6-8(14-7)11-9(12)13-10(2,3)4/h5H,1-4H3,(H,12,13);5-6H,1-4H3,(H,11,12). The second-order valence-electron chi connectivity index (χ2n) is 8.20. The zero-order valence-corrected chi connectivity index (χ0v) is 21.3. The van der Waals surface area contributed by atoms with Crippen LogP contribution < -0.4 is 10.6 Å². The van der Waals surface area contributed by atoms with Crippen LogP contribution in [0.3, 0.4) is 0 Å². The van der Waals surface area contributed by atoms with Gasteiger partial charge in [0.1, 0.15) is 16.2 Å². The highest BCUT2D eigenvalue weighted by atomic mass is 79.9. The summed E-state index contributed by atoms with van der Waals surface area (Å²) in [5.41, 5.74) is -0.917. The van der Waals surface area contributed by atoms with E-state index in [1.165, 1.54) is 22.7 Å². The molecule has 0 atom stereocenters. The summed E-state index contributed by atoms with van der Waals surface area (Å²) in [6.07, 6.45) is -0.829. The van der Waals surface area contributed by atoms with Gasteiger partial charge in [0.25, 0.3) is 0 Å². The Morgan fingerprint density at radius 1 is 0.862 bits per heavy atom. The number of rotatable bonds is 2. The fourth-order valence-corrected chi connectivity index (χ4v) is 4.25. The number of halogens is 1. The van der Waals surface area contributed by atoms with Crippen LogP contribution in [0, 0.1) is 13.8 Å². The molecule has 0 aromatic carbocycles. The van der Waals surface area contributed by atoms with Gasteiger partial charge < -0.3 is 9.47 Å². The summed E-state index contributed by atoms with van der Waals surface area (Å²) in [7, 11) is 0. The largest absolute Gasteiger partial charge is 0.444 e. The predicted octanol–water partition coefficient (Wildman–Crippen LogP) is 7.57. The fraction of sp³-hybridized carbons (Fsp3) is 0.500. The number of carbonyl (C=O) groups is 2. The Bertz CT molecular complexity index is 832. The van der Waals surface area contributed by atoms with E-state index >= 15 is 0 Å². The van der Waals surface area contributed by atoms with Crippen molar-refractivity contribution in [1.29, 1.82) is 0 Å². The molecule has 2 N–H and O–H groups in total. The minimum atomic E-state index is -0.469. The highest BCUT2D eigenvalue weighted by Crippen LogP contribution is 2.32. The van der Waals surface area contributed by atoms with Gasteiger partial charge >= 0.3 is 12.2 Å². The first-order valence-corrected chi connectivity index (χ1v) is 11.4. The molecule has 2 aromatic heterocycles. The molecule has 0 radical (unpaired) electrons. The van der Waals surface area contributed by atoms with E-state index in [-0.39, 0.29) is 0 Å². The second kappa shape index (κ2) is 10.4. The molecule has 2 rings (SSSR count). The van der Waals surface area contributed by atoms with E-state index in [1.807, 2.05) is 73.6 Å². The smallest absolute Gasteiger partial charge is 0.412 e. The van der Waals surface area contributed by atoms with Crippen LogP contribution in [0.4, 0.5) is 19.6 Å². The molecule has 0 aliphatic rings. The van der Waals surface area contributed by atoms with Crippen molar-refractivity contribution >= 4 is 60.8 Å². The van der Waals surface area contributed by atoms with Crippen LogP contribution in [0.1, 0.15) is 51.3 Å². The summed E-state index contributed by atoms with van der Waals surface area (Å²) in [6.45, 7) is 15.0. The third-order valence-corrected chi connectivity index (χ3v) is 5.56. The summed E-state index contributed by atoms with van der Waals surface area (Å²) in [4.78, 5) is 25.0. The number of aryl methyl sites for hydroxylation is 2. The quantitative estimate of drug-likeness (QED) is 0.441. The summed E-state index contributed by atoms with van der Waals surface area (Å²) in [5, 5.41) is 6.97. The Morgan fingerprint density at radius 2 is 1.38 bits per heavy atom. The molecule has 9 heteroatoms. The molecule has 2 amide bonds. The molecule has 0 aliphatic heterocycles. The van der Waals surface area contributed by atoms with E-state index in [1.54, 1.807) is 0 Å². The number of hydrogen-bond acceptors (Lipinski definition) is 6. The van der Waals surface area contributed by atoms with Gasteiger partial charge in [-0.1, -0.05) is 0 Å². The SMILES string of the molecule is Cc1cc(Br)c(NC(=O)OC(C)(C)C)s1.Cc1ccc(NC(=O)OC(C)(C)C)s1. The number of thiophene rings is 2. The lowest BCUT2D eigenvalue weighted by atomic mass is 10.2. The monoisotopic (exact) mass is 504 g/mol. The van der Waals surface area contributed by atoms with Crippen LogP contribution in [0.25, 0.3) is 0 Å². The van der Waals surface area contributed by atoms with Crippen molar-refractivity contribution in [2.75, 3.05) is 10.6 Å². The first kappa shape index (κ1) is 25.5. The third kappa shape index (κ3) is 11.3. The van der Waals surface area contributed by atoms with Gasteiger partial charge in [0.2, 0.25) is 0 Å². The highest BCUT2D eigenvalue weighted by molar-refractivity contribution is 9.10. The number of carbonyl (C=O) groups excluding carboxylic acids is 2. The molecule has 2 aromatic rings. The number of hydrogen-bond donors (Lipinski definition) is 2. The van der Waals surface area contributed by atoms with Crippen molar-refractivity contribution in [3.63, 3.8) is 0 Å². The molecule has 0 saturated carbocycles. The maximum absolute atomic E-state index is 11.4. The lowest BCUT2D eigenvalue weighted by Gasteiger charge is -2.19. The zero-order valence-electron chi connectivity index (χ0n) is 18.1. The molecule has 2 heterocycles. The molecule has 0 spiro atoms. The summed E-state index contributed by atoms with van der Waals surface area (Å²) >= 11 is 6.41. The van der Waals surface area contributed by atoms with Gasteiger partial charge in [-0.05, 0) is 89.5 Å². The molecule has 6 nitrogen and oxygen atoms in total. The van der Waals surface area contributed by atoms with Crippen molar-refractivity contribution < 1.29 is 19.1 Å². The molecular weight excluding hydrogens is 476 g/mol. The average molecular weight is 506 g/mol. The molecule has 162 valence electrons. The van der Waals surface area contributed by atoms with E-state index in [0.717, 1.165) is 24.2 Å². The second-order valence-corrected chi connectivity index (χ2v) is 11.6. The molecule has 0 aliphatic carbocycles. The maximum Gasteiger partial charge on any atom is 0.412 e. The lowest BCUT2D eigenvalue weighted by Crippen LogP contribution is -2.27. The Kier molecular flexibility index (Phi) is 9.17. The van der Waals surface area contributed by atoms with Gasteiger partial charge in [-0.3, -0.25) is 10.6 Å². The maximum atomic E-state index is 11.4. The van der Waals surface area contributed by atoms with Crippen LogP contribution in [0.15, 0.2) is 22.7 Å². The third-order valence-electron chi connectivity index (χ3n) is 2.79. The first-order chi connectivity index (χ1) is 13.1. The topological polar surface area (TPSA) is 76.7 Å². The number of nitrogens with one attached hydrogen (secondary N) is 2. The van der Waals surface area contributed by atoms with Gasteiger partial charge in [-0.25, -0.2) is 9.59 Å². The van der Waals surface area contributed by atoms with E-state index in [0.29, 0.717) is 0 Å². The van der Waals surface area contributed by atoms with Crippen LogP contribution in [-0.2, 0) is 9.47 Å². The van der Waals surface area contributed by atoms with Crippen LogP contribution >= 0.6 is 38.6 Å². The van der Waals surface area contributed by atoms with Crippen LogP contribution in [0.2, 0.25) is 0 Å². The molecular formula is C20H29BrN2O4S2. The number of anilines is 2. The molecule has 0 bridgehead atoms. The van der Waals surface area contributed by atoms with Crippen molar-refractivity contribution in [1.82, 2.24) is 0 Å². The summed E-state index contributed by atoms with van der Waals surface area (Å²) < 4.78 is 11.1. The zero-order chi connectivity index (χ0) is 22.4. The first-order valence-electron chi connectivity index (χ1n) is 8.97. The lowest BCUT2D eigenvalue weighted by molar-refractivity contribution is 0.0625. The Labute approximate surface area is 189 Å². The minimum absolute atomic E-state index is 0.403. The van der Waals surface area contributed by atoms with E-state index in [9.17, 15) is 9.59 Å². The van der Waals surface area contributed by atoms with E-state index in [2.05, 4.69) is 26.6 Å². The molecule has 0 unspecified atom stereocenters. The minimum Gasteiger partial charge on any atom is -0.444 e. The summed E-state index contributed by atoms with van der Waals surface area (Å²) in [6, 6.07) is 5.78. The van der Waals surface area contributed by atoms with Gasteiger partial charge in [-0.15, -0.1) is 22.7 Å². The summed E-state index contributed by atoms with van der Waals surface area (Å²) in [5.74, 6) is 0. The Balaban J connectivity index is 0.000000291.